The first kappa shape index (κ1) is 19.2. The molecule has 4 aromatic rings. The highest BCUT2D eigenvalue weighted by Gasteiger charge is 2.17. The van der Waals surface area contributed by atoms with Crippen LogP contribution in [0.3, 0.4) is 0 Å². The third-order valence-corrected chi connectivity index (χ3v) is 4.47. The minimum atomic E-state index is -0.657. The summed E-state index contributed by atoms with van der Waals surface area (Å²) in [4.78, 5) is 11.6. The van der Waals surface area contributed by atoms with E-state index in [4.69, 9.17) is 15.2 Å². The number of carbonyl (C=O) groups excluding carboxylic acids is 1. The molecule has 0 aliphatic rings. The second-order valence-corrected chi connectivity index (χ2v) is 6.60. The van der Waals surface area contributed by atoms with Crippen molar-refractivity contribution < 1.29 is 14.3 Å². The lowest BCUT2D eigenvalue weighted by Gasteiger charge is -2.14. The van der Waals surface area contributed by atoms with Gasteiger partial charge in [-0.25, -0.2) is 0 Å². The monoisotopic (exact) mass is 400 g/mol. The van der Waals surface area contributed by atoms with E-state index >= 15 is 0 Å². The lowest BCUT2D eigenvalue weighted by Crippen LogP contribution is -2.12. The summed E-state index contributed by atoms with van der Waals surface area (Å²) < 4.78 is 12.1. The fraction of sp³-hybridized carbons (Fsp3) is 0.0870. The van der Waals surface area contributed by atoms with Crippen molar-refractivity contribution in [1.29, 1.82) is 0 Å². The lowest BCUT2D eigenvalue weighted by atomic mass is 10.1. The highest BCUT2D eigenvalue weighted by Crippen LogP contribution is 2.34. The molecule has 1 aromatic heterocycles. The predicted octanol–water partition coefficient (Wildman–Crippen LogP) is 3.73. The molecule has 0 spiro atoms. The minimum absolute atomic E-state index is 0.0713. The van der Waals surface area contributed by atoms with Crippen LogP contribution in [0.2, 0.25) is 0 Å². The maximum Gasteiger partial charge on any atom is 0.271 e. The zero-order valence-electron chi connectivity index (χ0n) is 16.1. The molecule has 0 unspecified atom stereocenters. The van der Waals surface area contributed by atoms with Gasteiger partial charge in [0.05, 0.1) is 0 Å². The maximum absolute atomic E-state index is 11.6. The number of aromatic nitrogens is 3. The summed E-state index contributed by atoms with van der Waals surface area (Å²) in [6, 6.07) is 25.1. The summed E-state index contributed by atoms with van der Waals surface area (Å²) in [5, 5.41) is 10.3. The van der Waals surface area contributed by atoms with Crippen molar-refractivity contribution in [3.63, 3.8) is 0 Å². The van der Waals surface area contributed by atoms with Crippen LogP contribution in [0.5, 0.6) is 11.5 Å². The number of benzene rings is 3. The molecule has 7 nitrogen and oxygen atoms in total. The molecule has 7 heteroatoms. The Kier molecular flexibility index (Phi) is 5.70. The van der Waals surface area contributed by atoms with Gasteiger partial charge in [-0.15, -0.1) is 0 Å². The third-order valence-electron chi connectivity index (χ3n) is 4.47. The van der Waals surface area contributed by atoms with Gasteiger partial charge >= 0.3 is 0 Å². The fourth-order valence-corrected chi connectivity index (χ4v) is 2.96. The van der Waals surface area contributed by atoms with Crippen molar-refractivity contribution in [2.45, 2.75) is 13.2 Å². The number of aromatic amines is 1. The molecule has 1 amide bonds. The minimum Gasteiger partial charge on any atom is -0.485 e. The quantitative estimate of drug-likeness (QED) is 0.469. The van der Waals surface area contributed by atoms with Crippen LogP contribution in [0, 0.1) is 0 Å². The SMILES string of the molecule is NC(=O)c1n[nH]nc1-c1ccc(OCc2ccccc2)c(OCc2ccccc2)c1. The molecule has 0 saturated carbocycles. The van der Waals surface area contributed by atoms with Crippen LogP contribution in [0.15, 0.2) is 78.9 Å². The fourth-order valence-electron chi connectivity index (χ4n) is 2.96. The van der Waals surface area contributed by atoms with E-state index in [1.165, 1.54) is 0 Å². The van der Waals surface area contributed by atoms with Crippen LogP contribution < -0.4 is 15.2 Å². The third kappa shape index (κ3) is 4.47. The molecule has 150 valence electrons. The Hall–Kier alpha value is -4.13. The Morgan fingerprint density at radius 2 is 1.40 bits per heavy atom. The van der Waals surface area contributed by atoms with Crippen LogP contribution in [-0.2, 0) is 13.2 Å². The van der Waals surface area contributed by atoms with Gasteiger partial charge in [0.25, 0.3) is 5.91 Å². The zero-order valence-corrected chi connectivity index (χ0v) is 16.1. The number of primary amides is 1. The van der Waals surface area contributed by atoms with E-state index in [1.807, 2.05) is 60.7 Å². The van der Waals surface area contributed by atoms with E-state index < -0.39 is 5.91 Å². The molecule has 4 rings (SSSR count). The van der Waals surface area contributed by atoms with Crippen molar-refractivity contribution in [1.82, 2.24) is 15.4 Å². The first-order valence-corrected chi connectivity index (χ1v) is 9.39. The predicted molar refractivity (Wildman–Crippen MR) is 112 cm³/mol. The average molecular weight is 400 g/mol. The van der Waals surface area contributed by atoms with E-state index in [9.17, 15) is 4.79 Å². The summed E-state index contributed by atoms with van der Waals surface area (Å²) in [6.07, 6.45) is 0. The second-order valence-electron chi connectivity index (χ2n) is 6.60. The van der Waals surface area contributed by atoms with Gasteiger partial charge in [-0.05, 0) is 29.3 Å². The number of nitrogens with one attached hydrogen (secondary N) is 1. The molecule has 3 N–H and O–H groups in total. The van der Waals surface area contributed by atoms with Gasteiger partial charge < -0.3 is 15.2 Å². The average Bonchev–Trinajstić information content (AvgIpc) is 3.28. The number of nitrogens with two attached hydrogens (primary N) is 1. The standard InChI is InChI=1S/C23H20N4O3/c24-23(28)22-21(25-27-26-22)18-11-12-19(29-14-16-7-3-1-4-8-16)20(13-18)30-15-17-9-5-2-6-10-17/h1-13H,14-15H2,(H2,24,28)(H,25,26,27). The summed E-state index contributed by atoms with van der Waals surface area (Å²) in [5.41, 5.74) is 8.54. The van der Waals surface area contributed by atoms with Gasteiger partial charge in [0.1, 0.15) is 18.9 Å². The highest BCUT2D eigenvalue weighted by atomic mass is 16.5. The number of carbonyl (C=O) groups is 1. The van der Waals surface area contributed by atoms with Crippen LogP contribution >= 0.6 is 0 Å². The molecule has 30 heavy (non-hydrogen) atoms. The molecular formula is C23H20N4O3. The van der Waals surface area contributed by atoms with E-state index in [2.05, 4.69) is 15.4 Å². The second kappa shape index (κ2) is 8.91. The van der Waals surface area contributed by atoms with Gasteiger partial charge in [-0.3, -0.25) is 4.79 Å². The summed E-state index contributed by atoms with van der Waals surface area (Å²) in [7, 11) is 0. The van der Waals surface area contributed by atoms with Gasteiger partial charge in [-0.1, -0.05) is 60.7 Å². The lowest BCUT2D eigenvalue weighted by molar-refractivity contribution is 0.0996. The van der Waals surface area contributed by atoms with E-state index in [-0.39, 0.29) is 5.69 Å². The first-order chi connectivity index (χ1) is 14.7. The Morgan fingerprint density at radius 1 is 0.800 bits per heavy atom. The molecule has 3 aromatic carbocycles. The Morgan fingerprint density at radius 3 is 2.00 bits per heavy atom. The number of amides is 1. The van der Waals surface area contributed by atoms with Crippen molar-refractivity contribution in [3.8, 4) is 22.8 Å². The van der Waals surface area contributed by atoms with Crippen LogP contribution in [-0.4, -0.2) is 21.3 Å². The van der Waals surface area contributed by atoms with Crippen LogP contribution in [0.1, 0.15) is 21.6 Å². The Balaban J connectivity index is 1.62. The van der Waals surface area contributed by atoms with Gasteiger partial charge in [0.15, 0.2) is 17.2 Å². The summed E-state index contributed by atoms with van der Waals surface area (Å²) >= 11 is 0. The largest absolute Gasteiger partial charge is 0.485 e. The van der Waals surface area contributed by atoms with Crippen molar-refractivity contribution in [2.75, 3.05) is 0 Å². The molecule has 0 saturated heterocycles. The highest BCUT2D eigenvalue weighted by molar-refractivity contribution is 5.96. The van der Waals surface area contributed by atoms with Crippen molar-refractivity contribution in [3.05, 3.63) is 95.7 Å². The molecule has 0 bridgehead atoms. The van der Waals surface area contributed by atoms with Crippen molar-refractivity contribution in [2.24, 2.45) is 5.73 Å². The van der Waals surface area contributed by atoms with E-state index in [0.29, 0.717) is 36.0 Å². The topological polar surface area (TPSA) is 103 Å². The molecular weight excluding hydrogens is 380 g/mol. The summed E-state index contributed by atoms with van der Waals surface area (Å²) in [5.74, 6) is 0.461. The number of hydrogen-bond acceptors (Lipinski definition) is 5. The van der Waals surface area contributed by atoms with Gasteiger partial charge in [0, 0.05) is 5.56 Å². The number of H-pyrrole nitrogens is 1. The van der Waals surface area contributed by atoms with Crippen LogP contribution in [0.25, 0.3) is 11.3 Å². The molecule has 0 atom stereocenters. The molecule has 0 aliphatic carbocycles. The van der Waals surface area contributed by atoms with Crippen molar-refractivity contribution >= 4 is 5.91 Å². The molecule has 0 fully saturated rings. The zero-order chi connectivity index (χ0) is 20.8. The summed E-state index contributed by atoms with van der Waals surface area (Å²) in [6.45, 7) is 0.770. The molecule has 0 radical (unpaired) electrons. The van der Waals surface area contributed by atoms with Gasteiger partial charge in [0.2, 0.25) is 0 Å². The smallest absolute Gasteiger partial charge is 0.271 e. The molecule has 0 aliphatic heterocycles. The van der Waals surface area contributed by atoms with Crippen LogP contribution in [0.4, 0.5) is 0 Å². The van der Waals surface area contributed by atoms with Gasteiger partial charge in [-0.2, -0.15) is 15.4 Å². The number of hydrogen-bond donors (Lipinski definition) is 2. The normalized spacial score (nSPS) is 10.5. The van der Waals surface area contributed by atoms with E-state index in [1.54, 1.807) is 18.2 Å². The van der Waals surface area contributed by atoms with E-state index in [0.717, 1.165) is 11.1 Å². The Bertz CT molecular complexity index is 1130. The maximum atomic E-state index is 11.6. The Labute approximate surface area is 173 Å². The number of ether oxygens (including phenoxy) is 2. The first-order valence-electron chi connectivity index (χ1n) is 9.39. The number of nitrogens with zero attached hydrogens (tertiary/aromatic N) is 2. The number of rotatable bonds is 8. The molecule has 1 heterocycles.